The molecule has 23 heavy (non-hydrogen) atoms. The van der Waals surface area contributed by atoms with Gasteiger partial charge in [0.15, 0.2) is 0 Å². The highest BCUT2D eigenvalue weighted by molar-refractivity contribution is 5.97. The third-order valence-electron chi connectivity index (χ3n) is 3.67. The number of methoxy groups -OCH3 is 1. The van der Waals surface area contributed by atoms with E-state index in [2.05, 4.69) is 10.6 Å². The van der Waals surface area contributed by atoms with Crippen LogP contribution in [-0.4, -0.2) is 48.9 Å². The second kappa shape index (κ2) is 7.73. The van der Waals surface area contributed by atoms with E-state index in [0.29, 0.717) is 24.3 Å². The van der Waals surface area contributed by atoms with Crippen molar-refractivity contribution in [2.24, 2.45) is 0 Å². The minimum atomic E-state index is -0.494. The van der Waals surface area contributed by atoms with E-state index in [9.17, 15) is 14.4 Å². The summed E-state index contributed by atoms with van der Waals surface area (Å²) in [5.41, 5.74) is 1.23. The lowest BCUT2D eigenvalue weighted by molar-refractivity contribution is -0.134. The lowest BCUT2D eigenvalue weighted by Crippen LogP contribution is -2.42. The Kier molecular flexibility index (Phi) is 5.70. The van der Waals surface area contributed by atoms with Crippen LogP contribution in [0.15, 0.2) is 24.3 Å². The van der Waals surface area contributed by atoms with Crippen LogP contribution in [0.1, 0.15) is 19.8 Å². The molecule has 0 saturated carbocycles. The number of rotatable bonds is 6. The molecule has 0 aromatic heterocycles. The number of hydrogen-bond acceptors (Lipinski definition) is 4. The monoisotopic (exact) mass is 319 g/mol. The first-order valence-corrected chi connectivity index (χ1v) is 7.50. The average Bonchev–Trinajstić information content (AvgIpc) is 2.94. The van der Waals surface area contributed by atoms with Crippen LogP contribution >= 0.6 is 0 Å². The number of ether oxygens (including phenoxy) is 1. The maximum absolute atomic E-state index is 12.2. The number of benzene rings is 1. The van der Waals surface area contributed by atoms with Crippen molar-refractivity contribution >= 4 is 29.1 Å². The van der Waals surface area contributed by atoms with Crippen LogP contribution in [-0.2, 0) is 19.1 Å². The number of nitrogens with one attached hydrogen (secondary N) is 2. The molecule has 2 rings (SSSR count). The molecule has 1 aromatic carbocycles. The summed E-state index contributed by atoms with van der Waals surface area (Å²) in [6.45, 7) is 2.33. The van der Waals surface area contributed by atoms with E-state index >= 15 is 0 Å². The average molecular weight is 319 g/mol. The summed E-state index contributed by atoms with van der Waals surface area (Å²) in [6, 6.07) is 6.27. The van der Waals surface area contributed by atoms with Crippen LogP contribution < -0.4 is 10.6 Å². The molecule has 1 heterocycles. The van der Waals surface area contributed by atoms with Gasteiger partial charge in [-0.25, -0.2) is 0 Å². The van der Waals surface area contributed by atoms with Crippen molar-refractivity contribution in [3.8, 4) is 0 Å². The van der Waals surface area contributed by atoms with Crippen LogP contribution in [0.25, 0.3) is 0 Å². The quantitative estimate of drug-likeness (QED) is 0.825. The van der Waals surface area contributed by atoms with Gasteiger partial charge in [-0.2, -0.15) is 0 Å². The van der Waals surface area contributed by atoms with Gasteiger partial charge in [-0.15, -0.1) is 0 Å². The van der Waals surface area contributed by atoms with E-state index in [0.717, 1.165) is 6.42 Å². The molecule has 0 bridgehead atoms. The van der Waals surface area contributed by atoms with Crippen molar-refractivity contribution in [2.45, 2.75) is 25.8 Å². The molecule has 1 atom stereocenters. The molecule has 2 N–H and O–H groups in total. The van der Waals surface area contributed by atoms with Crippen LogP contribution in [0.5, 0.6) is 0 Å². The highest BCUT2D eigenvalue weighted by atomic mass is 16.5. The second-order valence-corrected chi connectivity index (χ2v) is 5.41. The van der Waals surface area contributed by atoms with Gasteiger partial charge < -0.3 is 20.3 Å². The largest absolute Gasteiger partial charge is 0.375 e. The lowest BCUT2D eigenvalue weighted by atomic mass is 10.2. The summed E-state index contributed by atoms with van der Waals surface area (Å²) in [6.07, 6.45) is 1.31. The van der Waals surface area contributed by atoms with E-state index in [-0.39, 0.29) is 24.3 Å². The maximum atomic E-state index is 12.2. The van der Waals surface area contributed by atoms with Crippen molar-refractivity contribution < 1.29 is 19.1 Å². The Balaban J connectivity index is 1.91. The van der Waals surface area contributed by atoms with E-state index in [1.54, 1.807) is 36.1 Å². The first-order chi connectivity index (χ1) is 11.0. The van der Waals surface area contributed by atoms with Gasteiger partial charge >= 0.3 is 0 Å². The van der Waals surface area contributed by atoms with Gasteiger partial charge in [0.05, 0.1) is 0 Å². The molecule has 124 valence electrons. The summed E-state index contributed by atoms with van der Waals surface area (Å²) >= 11 is 0. The summed E-state index contributed by atoms with van der Waals surface area (Å²) in [7, 11) is 1.45. The van der Waals surface area contributed by atoms with E-state index < -0.39 is 6.04 Å². The van der Waals surface area contributed by atoms with Gasteiger partial charge in [0, 0.05) is 31.5 Å². The molecule has 7 heteroatoms. The van der Waals surface area contributed by atoms with Crippen LogP contribution in [0.3, 0.4) is 0 Å². The first-order valence-electron chi connectivity index (χ1n) is 7.50. The van der Waals surface area contributed by atoms with Crippen molar-refractivity contribution in [1.29, 1.82) is 0 Å². The second-order valence-electron chi connectivity index (χ2n) is 5.41. The van der Waals surface area contributed by atoms with Crippen molar-refractivity contribution in [1.82, 2.24) is 4.90 Å². The third-order valence-corrected chi connectivity index (χ3v) is 3.67. The van der Waals surface area contributed by atoms with Crippen molar-refractivity contribution in [3.63, 3.8) is 0 Å². The lowest BCUT2D eigenvalue weighted by Gasteiger charge is -2.23. The number of carbonyl (C=O) groups excluding carboxylic acids is 3. The Labute approximate surface area is 135 Å². The molecule has 1 unspecified atom stereocenters. The number of anilines is 2. The van der Waals surface area contributed by atoms with Gasteiger partial charge in [0.1, 0.15) is 12.6 Å². The molecule has 1 fully saturated rings. The van der Waals surface area contributed by atoms with Crippen molar-refractivity contribution in [2.75, 3.05) is 30.9 Å². The molecule has 1 aliphatic rings. The zero-order chi connectivity index (χ0) is 16.8. The summed E-state index contributed by atoms with van der Waals surface area (Å²) in [5, 5.41) is 5.44. The fraction of sp³-hybridized carbons (Fsp3) is 0.438. The van der Waals surface area contributed by atoms with Gasteiger partial charge in [0.2, 0.25) is 17.7 Å². The predicted molar refractivity (Wildman–Crippen MR) is 86.0 cm³/mol. The molecular formula is C16H21N3O4. The number of amides is 3. The first kappa shape index (κ1) is 17.0. The van der Waals surface area contributed by atoms with E-state index in [4.69, 9.17) is 4.74 Å². The van der Waals surface area contributed by atoms with Crippen LogP contribution in [0.2, 0.25) is 0 Å². The normalized spacial score (nSPS) is 15.4. The number of likely N-dealkylation sites (tertiary alicyclic amines) is 1. The number of carbonyl (C=O) groups is 3. The van der Waals surface area contributed by atoms with Crippen LogP contribution in [0, 0.1) is 0 Å². The molecule has 3 amide bonds. The fourth-order valence-electron chi connectivity index (χ4n) is 2.43. The molecule has 0 radical (unpaired) electrons. The molecule has 0 aliphatic carbocycles. The smallest absolute Gasteiger partial charge is 0.250 e. The van der Waals surface area contributed by atoms with E-state index in [1.807, 2.05) is 0 Å². The molecule has 1 aromatic rings. The predicted octanol–water partition coefficient (Wildman–Crippen LogP) is 1.22. The summed E-state index contributed by atoms with van der Waals surface area (Å²) in [5.74, 6) is -0.453. The Morgan fingerprint density at radius 1 is 1.22 bits per heavy atom. The Morgan fingerprint density at radius 2 is 1.83 bits per heavy atom. The van der Waals surface area contributed by atoms with Gasteiger partial charge in [-0.05, 0) is 37.6 Å². The SMILES string of the molecule is COCC(=O)Nc1ccc(NC(=O)C(C)N2CCCC2=O)cc1. The number of nitrogens with zero attached hydrogens (tertiary/aromatic N) is 1. The Bertz CT molecular complexity index is 585. The van der Waals surface area contributed by atoms with E-state index in [1.165, 1.54) is 7.11 Å². The third kappa shape index (κ3) is 4.53. The molecule has 7 nitrogen and oxygen atoms in total. The van der Waals surface area contributed by atoms with Gasteiger partial charge in [-0.3, -0.25) is 14.4 Å². The fourth-order valence-corrected chi connectivity index (χ4v) is 2.43. The summed E-state index contributed by atoms with van der Waals surface area (Å²) in [4.78, 5) is 36.9. The zero-order valence-electron chi connectivity index (χ0n) is 13.3. The minimum Gasteiger partial charge on any atom is -0.375 e. The van der Waals surface area contributed by atoms with Crippen LogP contribution in [0.4, 0.5) is 11.4 Å². The van der Waals surface area contributed by atoms with Crippen molar-refractivity contribution in [3.05, 3.63) is 24.3 Å². The molecule has 0 spiro atoms. The molecule has 1 aliphatic heterocycles. The highest BCUT2D eigenvalue weighted by Crippen LogP contribution is 2.17. The Morgan fingerprint density at radius 3 is 2.35 bits per heavy atom. The van der Waals surface area contributed by atoms with Gasteiger partial charge in [-0.1, -0.05) is 0 Å². The highest BCUT2D eigenvalue weighted by Gasteiger charge is 2.29. The standard InChI is InChI=1S/C16H21N3O4/c1-11(19-9-3-4-15(19)21)16(22)18-13-7-5-12(6-8-13)17-14(20)10-23-2/h5-8,11H,3-4,9-10H2,1-2H3,(H,17,20)(H,18,22). The number of hydrogen-bond donors (Lipinski definition) is 2. The summed E-state index contributed by atoms with van der Waals surface area (Å²) < 4.78 is 4.73. The Hall–Kier alpha value is -2.41. The minimum absolute atomic E-state index is 0.0140. The topological polar surface area (TPSA) is 87.7 Å². The maximum Gasteiger partial charge on any atom is 0.250 e. The van der Waals surface area contributed by atoms with Gasteiger partial charge in [0.25, 0.3) is 0 Å². The zero-order valence-corrected chi connectivity index (χ0v) is 13.3. The molecular weight excluding hydrogens is 298 g/mol. The molecule has 1 saturated heterocycles.